The number of nitrogens with zero attached hydrogens (tertiary/aromatic N) is 1. The second kappa shape index (κ2) is 6.14. The predicted octanol–water partition coefficient (Wildman–Crippen LogP) is 3.07. The molecule has 0 saturated carbocycles. The first-order valence-electron chi connectivity index (χ1n) is 5.81. The number of carbonyl (C=O) groups excluding carboxylic acids is 2. The van der Waals surface area contributed by atoms with Gasteiger partial charge in [-0.2, -0.15) is 0 Å². The third-order valence-electron chi connectivity index (χ3n) is 2.07. The van der Waals surface area contributed by atoms with Gasteiger partial charge in [-0.05, 0) is 55.8 Å². The van der Waals surface area contributed by atoms with Gasteiger partial charge in [-0.15, -0.1) is 0 Å². The fourth-order valence-electron chi connectivity index (χ4n) is 1.32. The Bertz CT molecular complexity index is 495. The summed E-state index contributed by atoms with van der Waals surface area (Å²) in [5, 5.41) is 2.59. The van der Waals surface area contributed by atoms with Crippen LogP contribution in [0.5, 0.6) is 0 Å². The van der Waals surface area contributed by atoms with Crippen LogP contribution in [0.2, 0.25) is 0 Å². The van der Waals surface area contributed by atoms with Crippen molar-refractivity contribution in [2.24, 2.45) is 0 Å². The molecule has 1 rings (SSSR count). The smallest absolute Gasteiger partial charge is 0.407 e. The van der Waals surface area contributed by atoms with E-state index >= 15 is 0 Å². The molecule has 1 heterocycles. The van der Waals surface area contributed by atoms with E-state index in [2.05, 4.69) is 26.2 Å². The van der Waals surface area contributed by atoms with Crippen LogP contribution in [0.15, 0.2) is 16.7 Å². The lowest BCUT2D eigenvalue weighted by Crippen LogP contribution is -2.32. The molecule has 0 saturated heterocycles. The van der Waals surface area contributed by atoms with Gasteiger partial charge in [0.15, 0.2) is 5.78 Å². The fraction of sp³-hybridized carbons (Fsp3) is 0.462. The van der Waals surface area contributed by atoms with Crippen molar-refractivity contribution in [1.29, 1.82) is 0 Å². The third kappa shape index (κ3) is 5.83. The second-order valence-corrected chi connectivity index (χ2v) is 5.89. The van der Waals surface area contributed by atoms with Gasteiger partial charge in [0.2, 0.25) is 0 Å². The van der Waals surface area contributed by atoms with E-state index < -0.39 is 11.7 Å². The molecule has 0 aliphatic carbocycles. The van der Waals surface area contributed by atoms with E-state index in [0.717, 1.165) is 0 Å². The lowest BCUT2D eigenvalue weighted by atomic mass is 10.1. The molecule has 1 N–H and O–H groups in total. The molecule has 0 aromatic carbocycles. The molecule has 1 aromatic rings. The SMILES string of the molecule is CC(=O)c1cc(Br)nc(CNC(=O)OC(C)(C)C)c1. The molecule has 19 heavy (non-hydrogen) atoms. The average molecular weight is 329 g/mol. The lowest BCUT2D eigenvalue weighted by Gasteiger charge is -2.19. The van der Waals surface area contributed by atoms with Crippen LogP contribution in [-0.2, 0) is 11.3 Å². The van der Waals surface area contributed by atoms with Crippen molar-refractivity contribution in [3.8, 4) is 0 Å². The molecule has 0 atom stereocenters. The van der Waals surface area contributed by atoms with Crippen LogP contribution < -0.4 is 5.32 Å². The molecular weight excluding hydrogens is 312 g/mol. The van der Waals surface area contributed by atoms with E-state index in [-0.39, 0.29) is 12.3 Å². The number of nitrogens with one attached hydrogen (secondary N) is 1. The Labute approximate surface area is 120 Å². The van der Waals surface area contributed by atoms with Crippen LogP contribution in [0.1, 0.15) is 43.7 Å². The minimum absolute atomic E-state index is 0.0541. The highest BCUT2D eigenvalue weighted by Crippen LogP contribution is 2.12. The van der Waals surface area contributed by atoms with Crippen molar-refractivity contribution in [2.75, 3.05) is 0 Å². The van der Waals surface area contributed by atoms with Crippen LogP contribution in [0.25, 0.3) is 0 Å². The summed E-state index contributed by atoms with van der Waals surface area (Å²) in [5.41, 5.74) is 0.590. The Morgan fingerprint density at radius 2 is 2.00 bits per heavy atom. The van der Waals surface area contributed by atoms with E-state index in [4.69, 9.17) is 4.74 Å². The number of Topliss-reactive ketones (excluding diaryl/α,β-unsaturated/α-hetero) is 1. The van der Waals surface area contributed by atoms with Crippen molar-refractivity contribution in [1.82, 2.24) is 10.3 Å². The molecule has 6 heteroatoms. The van der Waals surface area contributed by atoms with Gasteiger partial charge in [-0.25, -0.2) is 9.78 Å². The number of aromatic nitrogens is 1. The standard InChI is InChI=1S/C13H17BrN2O3/c1-8(17)9-5-10(16-11(14)6-9)7-15-12(18)19-13(2,3)4/h5-6H,7H2,1-4H3,(H,15,18). The molecule has 1 aromatic heterocycles. The Hall–Kier alpha value is -1.43. The summed E-state index contributed by atoms with van der Waals surface area (Å²) in [4.78, 5) is 27.0. The zero-order valence-corrected chi connectivity index (χ0v) is 13.0. The zero-order valence-electron chi connectivity index (χ0n) is 11.4. The number of hydrogen-bond donors (Lipinski definition) is 1. The highest BCUT2D eigenvalue weighted by atomic mass is 79.9. The highest BCUT2D eigenvalue weighted by molar-refractivity contribution is 9.10. The van der Waals surface area contributed by atoms with Crippen molar-refractivity contribution >= 4 is 27.8 Å². The monoisotopic (exact) mass is 328 g/mol. The number of rotatable bonds is 3. The molecular formula is C13H17BrN2O3. The first kappa shape index (κ1) is 15.6. The summed E-state index contributed by atoms with van der Waals surface area (Å²) in [6, 6.07) is 3.28. The van der Waals surface area contributed by atoms with E-state index in [1.165, 1.54) is 6.92 Å². The summed E-state index contributed by atoms with van der Waals surface area (Å²) < 4.78 is 5.67. The molecule has 0 spiro atoms. The molecule has 104 valence electrons. The first-order valence-corrected chi connectivity index (χ1v) is 6.61. The van der Waals surface area contributed by atoms with Gasteiger partial charge < -0.3 is 10.1 Å². The van der Waals surface area contributed by atoms with E-state index in [9.17, 15) is 9.59 Å². The molecule has 1 amide bonds. The third-order valence-corrected chi connectivity index (χ3v) is 2.47. The number of alkyl carbamates (subject to hydrolysis) is 1. The minimum Gasteiger partial charge on any atom is -0.444 e. The zero-order chi connectivity index (χ0) is 14.6. The Balaban J connectivity index is 2.68. The van der Waals surface area contributed by atoms with Crippen LogP contribution in [0.4, 0.5) is 4.79 Å². The largest absolute Gasteiger partial charge is 0.444 e. The number of ketones is 1. The molecule has 0 radical (unpaired) electrons. The van der Waals surface area contributed by atoms with E-state index in [1.54, 1.807) is 32.9 Å². The maximum absolute atomic E-state index is 11.5. The van der Waals surface area contributed by atoms with Gasteiger partial charge >= 0.3 is 6.09 Å². The maximum atomic E-state index is 11.5. The van der Waals surface area contributed by atoms with Gasteiger partial charge in [-0.3, -0.25) is 4.79 Å². The quantitative estimate of drug-likeness (QED) is 0.683. The second-order valence-electron chi connectivity index (χ2n) is 5.08. The van der Waals surface area contributed by atoms with Gasteiger partial charge in [0, 0.05) is 5.56 Å². The summed E-state index contributed by atoms with van der Waals surface area (Å²) in [5.74, 6) is -0.0541. The number of carbonyl (C=O) groups is 2. The topological polar surface area (TPSA) is 68.3 Å². The van der Waals surface area contributed by atoms with Crippen LogP contribution >= 0.6 is 15.9 Å². The van der Waals surface area contributed by atoms with Gasteiger partial charge in [0.05, 0.1) is 12.2 Å². The Kier molecular flexibility index (Phi) is 5.05. The minimum atomic E-state index is -0.542. The van der Waals surface area contributed by atoms with Crippen molar-refractivity contribution in [3.05, 3.63) is 28.0 Å². The van der Waals surface area contributed by atoms with E-state index in [0.29, 0.717) is 15.9 Å². The normalized spacial score (nSPS) is 11.0. The highest BCUT2D eigenvalue weighted by Gasteiger charge is 2.16. The van der Waals surface area contributed by atoms with Crippen LogP contribution in [0, 0.1) is 0 Å². The molecule has 0 aliphatic heterocycles. The van der Waals surface area contributed by atoms with Gasteiger partial charge in [0.25, 0.3) is 0 Å². The van der Waals surface area contributed by atoms with Crippen molar-refractivity contribution in [3.63, 3.8) is 0 Å². The fourth-order valence-corrected chi connectivity index (χ4v) is 1.80. The number of halogens is 1. The molecule has 0 aliphatic rings. The molecule has 0 unspecified atom stereocenters. The predicted molar refractivity (Wildman–Crippen MR) is 75.0 cm³/mol. The summed E-state index contributed by atoms with van der Waals surface area (Å²) in [7, 11) is 0. The Morgan fingerprint density at radius 1 is 1.37 bits per heavy atom. The van der Waals surface area contributed by atoms with Gasteiger partial charge in [-0.1, -0.05) is 0 Å². The lowest BCUT2D eigenvalue weighted by molar-refractivity contribution is 0.0523. The van der Waals surface area contributed by atoms with Crippen molar-refractivity contribution < 1.29 is 14.3 Å². The number of ether oxygens (including phenoxy) is 1. The molecule has 0 bridgehead atoms. The van der Waals surface area contributed by atoms with E-state index in [1.807, 2.05) is 0 Å². The molecule has 5 nitrogen and oxygen atoms in total. The van der Waals surface area contributed by atoms with Gasteiger partial charge in [0.1, 0.15) is 10.2 Å². The Morgan fingerprint density at radius 3 is 2.53 bits per heavy atom. The molecule has 0 fully saturated rings. The number of amides is 1. The summed E-state index contributed by atoms with van der Waals surface area (Å²) >= 11 is 3.23. The number of hydrogen-bond acceptors (Lipinski definition) is 4. The first-order chi connectivity index (χ1) is 8.67. The average Bonchev–Trinajstić information content (AvgIpc) is 2.23. The summed E-state index contributed by atoms with van der Waals surface area (Å²) in [6.45, 7) is 7.05. The summed E-state index contributed by atoms with van der Waals surface area (Å²) in [6.07, 6.45) is -0.515. The number of pyridine rings is 1. The maximum Gasteiger partial charge on any atom is 0.407 e. The van der Waals surface area contributed by atoms with Crippen LogP contribution in [-0.4, -0.2) is 22.5 Å². The van der Waals surface area contributed by atoms with Crippen molar-refractivity contribution in [2.45, 2.75) is 39.8 Å². The van der Waals surface area contributed by atoms with Crippen LogP contribution in [0.3, 0.4) is 0 Å².